The molecule has 0 aliphatic heterocycles. The van der Waals surface area contributed by atoms with Gasteiger partial charge in [0.1, 0.15) is 11.6 Å². The van der Waals surface area contributed by atoms with Gasteiger partial charge in [-0.1, -0.05) is 233 Å². The third-order valence-electron chi connectivity index (χ3n) is 13.3. The van der Waals surface area contributed by atoms with Crippen LogP contribution in [0.2, 0.25) is 0 Å². The average molecular weight is 1210 g/mol. The summed E-state index contributed by atoms with van der Waals surface area (Å²) < 4.78 is 264. The van der Waals surface area contributed by atoms with Gasteiger partial charge < -0.3 is 5.11 Å². The van der Waals surface area contributed by atoms with Crippen LogP contribution in [0, 0.1) is 12.9 Å². The monoisotopic (exact) mass is 1210 g/mol. The Balaban J connectivity index is 0.0000130. The molecule has 0 amide bonds. The van der Waals surface area contributed by atoms with Crippen LogP contribution in [0.3, 0.4) is 0 Å². The Morgan fingerprint density at radius 1 is 0.487 bits per heavy atom. The predicted octanol–water partition coefficient (Wildman–Crippen LogP) is 19.1. The SMILES string of the molecule is [2H]C([2H])([2H])c1cc(-c2c(-c3ccccc3)cccc2C(C)(C)C)ccc1-n1c(-c2cc(C(C([2H])([2H])[2H])(C([2H])([2H])[2H])C([2H])([2H])[2H])cc(C(C([2H])([2H])[2H])(C([2H])([2H])[2H])C([2H])([2H])[2H])c2O)nc2c(-c3[c-]c(-c4cc(-c5ccc(C(C([2H])([2H])[2H])(C([2H])([2H])[2H])C([2H])([2H])[2H])cc5)ccn4)cc(-c4ccccc4)c3)cccc21.[Pt]. The first kappa shape index (κ1) is 27.8. The maximum absolute atomic E-state index is 13.3. The van der Waals surface area contributed by atoms with Gasteiger partial charge in [0.2, 0.25) is 0 Å². The first-order chi connectivity index (χ1) is 48.0. The molecule has 386 valence electrons. The zero-order valence-corrected chi connectivity index (χ0v) is 43.7. The number of aromatic nitrogens is 3. The number of para-hydroxylation sites is 1. The summed E-state index contributed by atoms with van der Waals surface area (Å²) in [5.74, 6) is -2.35. The smallest absolute Gasteiger partial charge is 0.148 e. The van der Waals surface area contributed by atoms with E-state index in [4.69, 9.17) is 47.0 Å². The van der Waals surface area contributed by atoms with Gasteiger partial charge in [0.15, 0.2) is 0 Å². The molecule has 0 spiro atoms. The molecule has 0 fully saturated rings. The second-order valence-electron chi connectivity index (χ2n) is 19.8. The van der Waals surface area contributed by atoms with E-state index in [1.54, 1.807) is 66.7 Å². The molecule has 2 heterocycles. The summed E-state index contributed by atoms with van der Waals surface area (Å²) in [4.78, 5) is 9.78. The molecular formula is C71H70N3OPt-. The number of benzene rings is 8. The van der Waals surface area contributed by atoms with Crippen molar-refractivity contribution in [1.29, 1.82) is 0 Å². The molecule has 8 aromatic carbocycles. The summed E-state index contributed by atoms with van der Waals surface area (Å²) in [6.07, 6.45) is 1.43. The van der Waals surface area contributed by atoms with E-state index in [-0.39, 0.29) is 66.2 Å². The summed E-state index contributed by atoms with van der Waals surface area (Å²) in [6.45, 7) is -33.4. The molecule has 10 aromatic rings. The predicted molar refractivity (Wildman–Crippen MR) is 317 cm³/mol. The van der Waals surface area contributed by atoms with Crippen molar-refractivity contribution in [2.24, 2.45) is 0 Å². The van der Waals surface area contributed by atoms with E-state index in [9.17, 15) is 9.22 Å². The Morgan fingerprint density at radius 3 is 1.80 bits per heavy atom. The number of hydrogen-bond acceptors (Lipinski definition) is 3. The third-order valence-corrected chi connectivity index (χ3v) is 13.3. The largest absolute Gasteiger partial charge is 0.507 e. The molecule has 0 radical (unpaired) electrons. The minimum atomic E-state index is -4.33. The van der Waals surface area contributed by atoms with Gasteiger partial charge in [-0.05, 0) is 120 Å². The topological polar surface area (TPSA) is 50.9 Å². The van der Waals surface area contributed by atoms with Crippen LogP contribution >= 0.6 is 0 Å². The molecule has 0 aliphatic rings. The second-order valence-corrected chi connectivity index (χ2v) is 19.8. The number of fused-ring (bicyclic) bond motifs is 1. The first-order valence-electron chi connectivity index (χ1n) is 39.0. The fourth-order valence-corrected chi connectivity index (χ4v) is 9.60. The normalized spacial score (nSPS) is 19.7. The number of aromatic hydroxyl groups is 1. The zero-order chi connectivity index (χ0) is 78.2. The number of imidazole rings is 1. The summed E-state index contributed by atoms with van der Waals surface area (Å²) in [5.41, 5.74) is -12.3. The minimum Gasteiger partial charge on any atom is -0.507 e. The van der Waals surface area contributed by atoms with Gasteiger partial charge in [-0.2, -0.15) is 0 Å². The van der Waals surface area contributed by atoms with E-state index >= 15 is 0 Å². The molecule has 0 aliphatic carbocycles. The van der Waals surface area contributed by atoms with Gasteiger partial charge in [-0.3, -0.25) is 9.55 Å². The first-order valence-corrected chi connectivity index (χ1v) is 24.0. The molecule has 76 heavy (non-hydrogen) atoms. The van der Waals surface area contributed by atoms with Crippen molar-refractivity contribution in [3.05, 3.63) is 216 Å². The van der Waals surface area contributed by atoms with Gasteiger partial charge in [-0.25, -0.2) is 4.98 Å². The second kappa shape index (κ2) is 20.4. The van der Waals surface area contributed by atoms with E-state index in [1.165, 1.54) is 42.6 Å². The Bertz CT molecular complexity index is 4800. The molecule has 1 N–H and O–H groups in total. The standard InChI is InChI=1S/C71H70N3O.Pt/c1-45-38-50(64-56(48-24-18-15-19-25-48)26-20-28-59(64)70(8,9)10)32-35-62(45)74-63-29-21-27-57(65(63)73-67(74)58-43-55(69(5,6)7)44-60(66(58)75)71(11,12)13)52-39-51(46-22-16-14-17-23-46)40-53(41-52)61-42-49(36-37-72-61)47-30-33-54(34-31-47)68(2,3)4;/h14-40,42-44,75H,1-13H3;/q-1;/i1D3,2D3,3D3,4D3,5D3,6D3,7D3,11D3,12D3,13D3;. The number of nitrogens with zero attached hydrogens (tertiary/aromatic N) is 3. The Morgan fingerprint density at radius 2 is 1.12 bits per heavy atom. The summed E-state index contributed by atoms with van der Waals surface area (Å²) in [6, 6.07) is 48.3. The molecule has 0 saturated carbocycles. The number of pyridine rings is 1. The molecular weight excluding hydrogens is 1110 g/mol. The van der Waals surface area contributed by atoms with Gasteiger partial charge in [0.25, 0.3) is 0 Å². The maximum Gasteiger partial charge on any atom is 0.148 e. The molecule has 4 nitrogen and oxygen atoms in total. The quantitative estimate of drug-likeness (QED) is 0.154. The van der Waals surface area contributed by atoms with Gasteiger partial charge in [0.05, 0.1) is 22.3 Å². The van der Waals surface area contributed by atoms with Gasteiger partial charge in [0, 0.05) is 79.6 Å². The molecule has 10 rings (SSSR count). The van der Waals surface area contributed by atoms with Crippen molar-refractivity contribution in [3.8, 4) is 89.7 Å². The Labute approximate surface area is 508 Å². The molecule has 0 atom stereocenters. The fraction of sp³-hybridized carbons (Fsp3) is 0.239. The van der Waals surface area contributed by atoms with Crippen LogP contribution in [0.4, 0.5) is 0 Å². The van der Waals surface area contributed by atoms with Crippen molar-refractivity contribution in [2.75, 3.05) is 0 Å². The van der Waals surface area contributed by atoms with E-state index in [2.05, 4.69) is 6.07 Å². The summed E-state index contributed by atoms with van der Waals surface area (Å²) >= 11 is 0. The van der Waals surface area contributed by atoms with Crippen LogP contribution in [0.1, 0.15) is 151 Å². The van der Waals surface area contributed by atoms with Crippen LogP contribution in [0.5, 0.6) is 5.75 Å². The molecule has 0 saturated heterocycles. The average Bonchev–Trinajstić information content (AvgIpc) is 0.906. The van der Waals surface area contributed by atoms with Crippen LogP contribution in [-0.4, -0.2) is 19.6 Å². The van der Waals surface area contributed by atoms with E-state index in [1.807, 2.05) is 69.3 Å². The number of aryl methyl sites for hydroxylation is 1. The van der Waals surface area contributed by atoms with E-state index < -0.39 is 130 Å². The van der Waals surface area contributed by atoms with Crippen LogP contribution in [0.15, 0.2) is 182 Å². The van der Waals surface area contributed by atoms with Crippen molar-refractivity contribution in [1.82, 2.24) is 14.5 Å². The summed E-state index contributed by atoms with van der Waals surface area (Å²) in [7, 11) is 0. The van der Waals surface area contributed by atoms with Gasteiger partial charge >= 0.3 is 0 Å². The van der Waals surface area contributed by atoms with Crippen molar-refractivity contribution < 1.29 is 67.3 Å². The maximum atomic E-state index is 13.3. The Hall–Kier alpha value is -7.13. The van der Waals surface area contributed by atoms with E-state index in [0.717, 1.165) is 27.8 Å². The van der Waals surface area contributed by atoms with Gasteiger partial charge in [-0.15, -0.1) is 23.8 Å². The number of phenols is 1. The molecule has 2 aromatic heterocycles. The van der Waals surface area contributed by atoms with Crippen molar-refractivity contribution in [3.63, 3.8) is 0 Å². The van der Waals surface area contributed by atoms with E-state index in [0.29, 0.717) is 45.0 Å². The third kappa shape index (κ3) is 10.5. The molecule has 0 unspecified atom stereocenters. The van der Waals surface area contributed by atoms with Crippen LogP contribution in [-0.2, 0) is 42.7 Å². The van der Waals surface area contributed by atoms with Crippen LogP contribution < -0.4 is 0 Å². The number of hydrogen-bond donors (Lipinski definition) is 1. The summed E-state index contributed by atoms with van der Waals surface area (Å²) in [5, 5.41) is 13.3. The zero-order valence-electron chi connectivity index (χ0n) is 71.4. The minimum absolute atomic E-state index is 0. The van der Waals surface area contributed by atoms with Crippen molar-refractivity contribution in [2.45, 2.75) is 111 Å². The van der Waals surface area contributed by atoms with Crippen molar-refractivity contribution >= 4 is 11.0 Å². The fourth-order valence-electron chi connectivity index (χ4n) is 9.60. The van der Waals surface area contributed by atoms with Crippen LogP contribution in [0.25, 0.3) is 95.0 Å². The number of phenolic OH excluding ortho intramolecular Hbond substituents is 1. The molecule has 5 heteroatoms. The Kier molecular flexibility index (Phi) is 7.47. The number of rotatable bonds is 8. The molecule has 0 bridgehead atoms.